The monoisotopic (exact) mass is 214 g/mol. The van der Waals surface area contributed by atoms with Gasteiger partial charge < -0.3 is 4.57 Å². The first-order valence-electron chi connectivity index (χ1n) is 5.60. The van der Waals surface area contributed by atoms with Gasteiger partial charge in [-0.05, 0) is 45.7 Å². The number of aromatic nitrogens is 2. The molecular weight excluding hydrogens is 196 g/mol. The summed E-state index contributed by atoms with van der Waals surface area (Å²) in [6.45, 7) is 10.5. The van der Waals surface area contributed by atoms with Gasteiger partial charge >= 0.3 is 0 Å². The van der Waals surface area contributed by atoms with Gasteiger partial charge in [-0.15, -0.1) is 0 Å². The maximum Gasteiger partial charge on any atom is 0.110 e. The summed E-state index contributed by atoms with van der Waals surface area (Å²) in [4.78, 5) is 4.46. The van der Waals surface area contributed by atoms with Gasteiger partial charge in [0.15, 0.2) is 0 Å². The summed E-state index contributed by atoms with van der Waals surface area (Å²) in [6.07, 6.45) is 2.10. The van der Waals surface area contributed by atoms with Crippen molar-refractivity contribution in [2.45, 2.75) is 34.6 Å². The third-order valence-corrected chi connectivity index (χ3v) is 2.88. The van der Waals surface area contributed by atoms with Gasteiger partial charge in [-0.2, -0.15) is 0 Å². The Hall–Kier alpha value is -1.57. The lowest BCUT2D eigenvalue weighted by Crippen LogP contribution is -2.01. The van der Waals surface area contributed by atoms with Crippen molar-refractivity contribution in [1.29, 1.82) is 0 Å². The van der Waals surface area contributed by atoms with Gasteiger partial charge in [-0.1, -0.05) is 17.7 Å². The molecule has 1 aromatic heterocycles. The maximum atomic E-state index is 4.46. The van der Waals surface area contributed by atoms with Gasteiger partial charge in [0, 0.05) is 6.20 Å². The van der Waals surface area contributed by atoms with Gasteiger partial charge in [0.1, 0.15) is 5.82 Å². The van der Waals surface area contributed by atoms with E-state index in [1.54, 1.807) is 0 Å². The number of nitrogens with zero attached hydrogens (tertiary/aromatic N) is 2. The smallest absolute Gasteiger partial charge is 0.110 e. The molecule has 0 aliphatic rings. The molecule has 1 aromatic carbocycles. The molecule has 0 saturated heterocycles. The van der Waals surface area contributed by atoms with E-state index in [9.17, 15) is 0 Å². The summed E-state index contributed by atoms with van der Waals surface area (Å²) >= 11 is 0. The van der Waals surface area contributed by atoms with E-state index in [0.29, 0.717) is 0 Å². The van der Waals surface area contributed by atoms with Crippen LogP contribution in [-0.2, 0) is 0 Å². The Balaban J connectivity index is 2.69. The van der Waals surface area contributed by atoms with Crippen LogP contribution in [-0.4, -0.2) is 9.55 Å². The quantitative estimate of drug-likeness (QED) is 0.711. The molecule has 0 atom stereocenters. The van der Waals surface area contributed by atoms with E-state index in [1.165, 1.54) is 22.4 Å². The van der Waals surface area contributed by atoms with Gasteiger partial charge in [-0.25, -0.2) is 4.98 Å². The summed E-state index contributed by atoms with van der Waals surface area (Å²) in [7, 11) is 0. The van der Waals surface area contributed by atoms with Crippen molar-refractivity contribution in [3.05, 3.63) is 46.5 Å². The molecule has 16 heavy (non-hydrogen) atoms. The lowest BCUT2D eigenvalue weighted by Gasteiger charge is -2.13. The molecule has 2 nitrogen and oxygen atoms in total. The fourth-order valence-electron chi connectivity index (χ4n) is 2.40. The number of hydrogen-bond acceptors (Lipinski definition) is 1. The Morgan fingerprint density at radius 3 is 1.94 bits per heavy atom. The number of aryl methyl sites for hydroxylation is 5. The van der Waals surface area contributed by atoms with E-state index in [4.69, 9.17) is 0 Å². The van der Waals surface area contributed by atoms with Crippen LogP contribution in [0.15, 0.2) is 18.3 Å². The molecule has 1 heterocycles. The van der Waals surface area contributed by atoms with Crippen molar-refractivity contribution < 1.29 is 0 Å². The van der Waals surface area contributed by atoms with E-state index in [0.717, 1.165) is 11.5 Å². The molecule has 2 rings (SSSR count). The molecule has 0 aliphatic carbocycles. The van der Waals surface area contributed by atoms with Crippen LogP contribution in [0, 0.1) is 34.6 Å². The highest BCUT2D eigenvalue weighted by atomic mass is 15.1. The predicted octanol–water partition coefficient (Wildman–Crippen LogP) is 3.41. The first-order chi connectivity index (χ1) is 7.49. The second kappa shape index (κ2) is 3.78. The average molecular weight is 214 g/mol. The lowest BCUT2D eigenvalue weighted by molar-refractivity contribution is 0.952. The molecule has 2 aromatic rings. The first kappa shape index (κ1) is 10.9. The van der Waals surface area contributed by atoms with Crippen molar-refractivity contribution in [3.8, 4) is 5.69 Å². The van der Waals surface area contributed by atoms with Crippen molar-refractivity contribution in [2.24, 2.45) is 0 Å². The minimum Gasteiger partial charge on any atom is -0.303 e. The normalized spacial score (nSPS) is 10.8. The largest absolute Gasteiger partial charge is 0.303 e. The predicted molar refractivity (Wildman–Crippen MR) is 67.2 cm³/mol. The summed E-state index contributed by atoms with van der Waals surface area (Å²) in [5.41, 5.74) is 6.25. The Bertz CT molecular complexity index is 513. The van der Waals surface area contributed by atoms with Crippen molar-refractivity contribution in [2.75, 3.05) is 0 Å². The van der Waals surface area contributed by atoms with Crippen molar-refractivity contribution in [1.82, 2.24) is 9.55 Å². The van der Waals surface area contributed by atoms with E-state index in [2.05, 4.69) is 48.7 Å². The summed E-state index contributed by atoms with van der Waals surface area (Å²) in [5, 5.41) is 0. The summed E-state index contributed by atoms with van der Waals surface area (Å²) in [5.74, 6) is 1.05. The third-order valence-electron chi connectivity index (χ3n) is 2.88. The minimum atomic E-state index is 1.05. The lowest BCUT2D eigenvalue weighted by atomic mass is 10.0. The second-order valence-electron chi connectivity index (χ2n) is 4.55. The van der Waals surface area contributed by atoms with Crippen molar-refractivity contribution >= 4 is 0 Å². The highest BCUT2D eigenvalue weighted by Crippen LogP contribution is 2.22. The summed E-state index contributed by atoms with van der Waals surface area (Å²) < 4.78 is 2.18. The Morgan fingerprint density at radius 2 is 1.50 bits per heavy atom. The second-order valence-corrected chi connectivity index (χ2v) is 4.55. The number of benzene rings is 1. The fourth-order valence-corrected chi connectivity index (χ4v) is 2.40. The minimum absolute atomic E-state index is 1.05. The Morgan fingerprint density at radius 1 is 0.938 bits per heavy atom. The van der Waals surface area contributed by atoms with E-state index < -0.39 is 0 Å². The molecule has 0 unspecified atom stereocenters. The SMILES string of the molecule is Cc1cc(C)c(-n2cc(C)nc2C)c(C)c1. The number of imidazole rings is 1. The van der Waals surface area contributed by atoms with Crippen LogP contribution >= 0.6 is 0 Å². The molecular formula is C14H18N2. The zero-order valence-corrected chi connectivity index (χ0v) is 10.6. The van der Waals surface area contributed by atoms with Crippen LogP contribution in [0.3, 0.4) is 0 Å². The topological polar surface area (TPSA) is 17.8 Å². The zero-order valence-electron chi connectivity index (χ0n) is 10.6. The molecule has 0 saturated carbocycles. The molecule has 0 bridgehead atoms. The Kier molecular flexibility index (Phi) is 2.58. The summed E-state index contributed by atoms with van der Waals surface area (Å²) in [6, 6.07) is 4.44. The van der Waals surface area contributed by atoms with Crippen LogP contribution in [0.1, 0.15) is 28.2 Å². The third kappa shape index (κ3) is 1.75. The molecule has 2 heteroatoms. The van der Waals surface area contributed by atoms with E-state index in [1.807, 2.05) is 13.8 Å². The van der Waals surface area contributed by atoms with E-state index >= 15 is 0 Å². The van der Waals surface area contributed by atoms with Crippen LogP contribution in [0.4, 0.5) is 0 Å². The van der Waals surface area contributed by atoms with Crippen LogP contribution in [0.25, 0.3) is 5.69 Å². The molecule has 84 valence electrons. The molecule has 0 amide bonds. The Labute approximate surface area is 97.0 Å². The van der Waals surface area contributed by atoms with Crippen LogP contribution < -0.4 is 0 Å². The van der Waals surface area contributed by atoms with Gasteiger partial charge in [0.05, 0.1) is 11.4 Å². The number of hydrogen-bond donors (Lipinski definition) is 0. The van der Waals surface area contributed by atoms with Crippen LogP contribution in [0.2, 0.25) is 0 Å². The number of rotatable bonds is 1. The molecule has 0 spiro atoms. The van der Waals surface area contributed by atoms with Crippen LogP contribution in [0.5, 0.6) is 0 Å². The molecule has 0 radical (unpaired) electrons. The fraction of sp³-hybridized carbons (Fsp3) is 0.357. The zero-order chi connectivity index (χ0) is 11.9. The van der Waals surface area contributed by atoms with Gasteiger partial charge in [0.2, 0.25) is 0 Å². The first-order valence-corrected chi connectivity index (χ1v) is 5.60. The van der Waals surface area contributed by atoms with Crippen molar-refractivity contribution in [3.63, 3.8) is 0 Å². The van der Waals surface area contributed by atoms with E-state index in [-0.39, 0.29) is 0 Å². The maximum absolute atomic E-state index is 4.46. The highest BCUT2D eigenvalue weighted by molar-refractivity contribution is 5.50. The highest BCUT2D eigenvalue weighted by Gasteiger charge is 2.09. The van der Waals surface area contributed by atoms with Gasteiger partial charge in [0.25, 0.3) is 0 Å². The average Bonchev–Trinajstić information content (AvgIpc) is 2.43. The molecule has 0 fully saturated rings. The van der Waals surface area contributed by atoms with Gasteiger partial charge in [-0.3, -0.25) is 0 Å². The molecule has 0 aliphatic heterocycles. The molecule has 0 N–H and O–H groups in total. The standard InChI is InChI=1S/C14H18N2/c1-9-6-10(2)14(11(3)7-9)16-8-12(4)15-13(16)5/h6-8H,1-5H3.